The Kier molecular flexibility index (Phi) is 6.26. The van der Waals surface area contributed by atoms with Gasteiger partial charge in [0.15, 0.2) is 5.43 Å². The lowest BCUT2D eigenvalue weighted by Crippen LogP contribution is -2.27. The minimum Gasteiger partial charge on any atom is -0.477 e. The van der Waals surface area contributed by atoms with Gasteiger partial charge in [0.25, 0.3) is 0 Å². The summed E-state index contributed by atoms with van der Waals surface area (Å²) in [6.45, 7) is 4.96. The average molecular weight is 404 g/mol. The summed E-state index contributed by atoms with van der Waals surface area (Å²) < 4.78 is 7.05. The molecule has 0 amide bonds. The minimum absolute atomic E-state index is 0.0868. The van der Waals surface area contributed by atoms with Crippen LogP contribution in [0.4, 0.5) is 0 Å². The first-order valence-corrected chi connectivity index (χ1v) is 10.1. The molecule has 1 aromatic carbocycles. The van der Waals surface area contributed by atoms with Crippen LogP contribution in [0.3, 0.4) is 0 Å². The monoisotopic (exact) mass is 403 g/mol. The second kappa shape index (κ2) is 8.50. The molecule has 2 aromatic rings. The van der Waals surface area contributed by atoms with Crippen LogP contribution in [0.5, 0.6) is 0 Å². The molecule has 0 saturated carbocycles. The number of aromatic carboxylic acids is 1. The molecular weight excluding hydrogens is 378 g/mol. The van der Waals surface area contributed by atoms with E-state index in [2.05, 4.69) is 19.9 Å². The fraction of sp³-hybridized carbons (Fsp3) is 0.455. The summed E-state index contributed by atoms with van der Waals surface area (Å²) >= 11 is 6.57. The number of benzene rings is 1. The first kappa shape index (κ1) is 20.6. The van der Waals surface area contributed by atoms with Crippen molar-refractivity contribution in [3.05, 3.63) is 56.3 Å². The van der Waals surface area contributed by atoms with E-state index in [4.69, 9.17) is 16.3 Å². The molecule has 1 aliphatic rings. The molecule has 3 rings (SSSR count). The summed E-state index contributed by atoms with van der Waals surface area (Å²) in [6, 6.07) is 5.61. The maximum absolute atomic E-state index is 12.3. The molecule has 150 valence electrons. The molecule has 0 unspecified atom stereocenters. The smallest absolute Gasteiger partial charge is 0.341 e. The van der Waals surface area contributed by atoms with Crippen LogP contribution in [0.25, 0.3) is 11.3 Å². The van der Waals surface area contributed by atoms with E-state index in [1.165, 1.54) is 17.8 Å². The number of methoxy groups -OCH3 is 1. The highest BCUT2D eigenvalue weighted by atomic mass is 35.5. The second-order valence-electron chi connectivity index (χ2n) is 7.39. The van der Waals surface area contributed by atoms with Gasteiger partial charge in [-0.1, -0.05) is 31.5 Å². The number of rotatable bonds is 7. The number of carboxylic acids is 1. The highest BCUT2D eigenvalue weighted by Gasteiger charge is 2.31. The number of unbranched alkanes of at least 4 members (excludes halogenated alkanes) is 1. The predicted molar refractivity (Wildman–Crippen MR) is 111 cm³/mol. The van der Waals surface area contributed by atoms with Gasteiger partial charge >= 0.3 is 5.97 Å². The zero-order chi connectivity index (χ0) is 20.4. The van der Waals surface area contributed by atoms with Crippen molar-refractivity contribution < 1.29 is 14.6 Å². The van der Waals surface area contributed by atoms with Gasteiger partial charge in [0.1, 0.15) is 5.56 Å². The summed E-state index contributed by atoms with van der Waals surface area (Å²) in [5, 5.41) is 10.0. The van der Waals surface area contributed by atoms with Gasteiger partial charge in [-0.15, -0.1) is 0 Å². The van der Waals surface area contributed by atoms with Crippen LogP contribution in [0.2, 0.25) is 5.02 Å². The summed E-state index contributed by atoms with van der Waals surface area (Å²) in [5.41, 5.74) is 3.25. The van der Waals surface area contributed by atoms with Crippen LogP contribution in [-0.4, -0.2) is 29.4 Å². The SMILES string of the molecule is CC[C@H]1[C@@H](C)c2cc(CCCCOC)c(Cl)cc2-c2cc(=O)c(C(=O)O)cn21. The Morgan fingerprint density at radius 3 is 2.68 bits per heavy atom. The van der Waals surface area contributed by atoms with Gasteiger partial charge in [0.05, 0.1) is 5.69 Å². The lowest BCUT2D eigenvalue weighted by atomic mass is 9.81. The van der Waals surface area contributed by atoms with Crippen molar-refractivity contribution in [2.75, 3.05) is 13.7 Å². The van der Waals surface area contributed by atoms with Crippen molar-refractivity contribution in [1.29, 1.82) is 0 Å². The van der Waals surface area contributed by atoms with Gasteiger partial charge in [0, 0.05) is 48.5 Å². The van der Waals surface area contributed by atoms with E-state index in [1.807, 2.05) is 10.6 Å². The van der Waals surface area contributed by atoms with E-state index in [0.29, 0.717) is 5.02 Å². The van der Waals surface area contributed by atoms with E-state index < -0.39 is 11.4 Å². The molecule has 0 fully saturated rings. The van der Waals surface area contributed by atoms with Crippen molar-refractivity contribution in [3.8, 4) is 11.3 Å². The normalized spacial score (nSPS) is 17.9. The van der Waals surface area contributed by atoms with Crippen LogP contribution in [0.1, 0.15) is 66.6 Å². The van der Waals surface area contributed by atoms with Crippen molar-refractivity contribution in [2.45, 2.75) is 51.5 Å². The molecule has 0 spiro atoms. The van der Waals surface area contributed by atoms with Crippen molar-refractivity contribution in [1.82, 2.24) is 4.57 Å². The Morgan fingerprint density at radius 2 is 2.04 bits per heavy atom. The van der Waals surface area contributed by atoms with Gasteiger partial charge in [-0.3, -0.25) is 4.79 Å². The Morgan fingerprint density at radius 1 is 1.29 bits per heavy atom. The minimum atomic E-state index is -1.20. The van der Waals surface area contributed by atoms with E-state index in [1.54, 1.807) is 7.11 Å². The lowest BCUT2D eigenvalue weighted by molar-refractivity contribution is 0.0694. The summed E-state index contributed by atoms with van der Waals surface area (Å²) in [6.07, 6.45) is 5.18. The number of hydrogen-bond acceptors (Lipinski definition) is 3. The van der Waals surface area contributed by atoms with Gasteiger partial charge < -0.3 is 14.4 Å². The zero-order valence-electron chi connectivity index (χ0n) is 16.5. The van der Waals surface area contributed by atoms with Crippen molar-refractivity contribution >= 4 is 17.6 Å². The Hall–Kier alpha value is -2.11. The van der Waals surface area contributed by atoms with Crippen molar-refractivity contribution in [3.63, 3.8) is 0 Å². The molecule has 0 saturated heterocycles. The Labute approximate surface area is 169 Å². The standard InChI is InChI=1S/C22H26ClNO4/c1-4-19-13(2)15-9-14(7-5-6-8-28-3)18(23)10-16(15)20-11-21(25)17(22(26)27)12-24(19)20/h9-13,19H,4-8H2,1-3H3,(H,26,27)/t13-,19-/m0/s1. The van der Waals surface area contributed by atoms with Gasteiger partial charge in [-0.25, -0.2) is 4.79 Å². The third-order valence-electron chi connectivity index (χ3n) is 5.69. The molecule has 2 heterocycles. The zero-order valence-corrected chi connectivity index (χ0v) is 17.3. The highest BCUT2D eigenvalue weighted by molar-refractivity contribution is 6.31. The molecule has 1 aliphatic heterocycles. The number of aromatic nitrogens is 1. The molecule has 0 radical (unpaired) electrons. The maximum atomic E-state index is 12.3. The maximum Gasteiger partial charge on any atom is 0.341 e. The molecule has 28 heavy (non-hydrogen) atoms. The van der Waals surface area contributed by atoms with E-state index >= 15 is 0 Å². The third kappa shape index (κ3) is 3.74. The number of aryl methyl sites for hydroxylation is 1. The number of carbonyl (C=O) groups is 1. The van der Waals surface area contributed by atoms with Crippen LogP contribution in [0, 0.1) is 0 Å². The number of carboxylic acid groups (broad SMARTS) is 1. The number of halogens is 1. The fourth-order valence-electron chi connectivity index (χ4n) is 4.19. The molecule has 2 atom stereocenters. The molecule has 1 N–H and O–H groups in total. The number of nitrogens with zero attached hydrogens (tertiary/aromatic N) is 1. The average Bonchev–Trinajstić information content (AvgIpc) is 2.66. The van der Waals surface area contributed by atoms with Crippen molar-refractivity contribution in [2.24, 2.45) is 0 Å². The first-order valence-electron chi connectivity index (χ1n) is 9.70. The third-order valence-corrected chi connectivity index (χ3v) is 6.04. The number of pyridine rings is 1. The number of ether oxygens (including phenoxy) is 1. The van der Waals surface area contributed by atoms with Crippen LogP contribution < -0.4 is 5.43 Å². The van der Waals surface area contributed by atoms with Crippen LogP contribution >= 0.6 is 11.6 Å². The summed E-state index contributed by atoms with van der Waals surface area (Å²) in [7, 11) is 1.70. The molecule has 1 aromatic heterocycles. The largest absolute Gasteiger partial charge is 0.477 e. The molecule has 6 heteroatoms. The first-order chi connectivity index (χ1) is 13.4. The van der Waals surface area contributed by atoms with Gasteiger partial charge in [0.2, 0.25) is 0 Å². The Bertz CT molecular complexity index is 950. The van der Waals surface area contributed by atoms with E-state index in [9.17, 15) is 14.7 Å². The highest BCUT2D eigenvalue weighted by Crippen LogP contribution is 2.45. The Balaban J connectivity index is 2.10. The molecular formula is C22H26ClNO4. The molecule has 5 nitrogen and oxygen atoms in total. The van der Waals surface area contributed by atoms with Gasteiger partial charge in [-0.05, 0) is 42.9 Å². The number of fused-ring (bicyclic) bond motifs is 3. The topological polar surface area (TPSA) is 68.5 Å². The van der Waals surface area contributed by atoms with E-state index in [0.717, 1.165) is 49.1 Å². The van der Waals surface area contributed by atoms with Crippen LogP contribution in [-0.2, 0) is 11.2 Å². The predicted octanol–water partition coefficient (Wildman–Crippen LogP) is 4.90. The second-order valence-corrected chi connectivity index (χ2v) is 7.80. The van der Waals surface area contributed by atoms with Gasteiger partial charge in [-0.2, -0.15) is 0 Å². The number of hydrogen-bond donors (Lipinski definition) is 1. The van der Waals surface area contributed by atoms with E-state index in [-0.39, 0.29) is 17.5 Å². The lowest BCUT2D eigenvalue weighted by Gasteiger charge is -2.36. The molecule has 0 aliphatic carbocycles. The summed E-state index contributed by atoms with van der Waals surface area (Å²) in [5.74, 6) is -1.01. The fourth-order valence-corrected chi connectivity index (χ4v) is 4.45. The summed E-state index contributed by atoms with van der Waals surface area (Å²) in [4.78, 5) is 23.8. The quantitative estimate of drug-likeness (QED) is 0.667. The molecule has 0 bridgehead atoms. The van der Waals surface area contributed by atoms with Crippen LogP contribution in [0.15, 0.2) is 29.2 Å².